The van der Waals surface area contributed by atoms with Crippen molar-refractivity contribution in [3.05, 3.63) is 35.6 Å². The molecule has 1 saturated carbocycles. The predicted octanol–water partition coefficient (Wildman–Crippen LogP) is 3.11. The van der Waals surface area contributed by atoms with Crippen molar-refractivity contribution < 1.29 is 14.0 Å². The van der Waals surface area contributed by atoms with E-state index in [0.29, 0.717) is 11.1 Å². The van der Waals surface area contributed by atoms with Crippen LogP contribution in [-0.4, -0.2) is 34.8 Å². The average Bonchev–Trinajstić information content (AvgIpc) is 3.00. The van der Waals surface area contributed by atoms with E-state index in [1.54, 1.807) is 6.07 Å². The molecule has 2 fully saturated rings. The lowest BCUT2D eigenvalue weighted by atomic mass is 9.85. The molecule has 1 heterocycles. The fourth-order valence-corrected chi connectivity index (χ4v) is 4.42. The number of halogens is 1. The number of benzene rings is 1. The Bertz CT molecular complexity index is 704. The summed E-state index contributed by atoms with van der Waals surface area (Å²) in [6, 6.07) is 5.98. The molecule has 1 aromatic rings. The Balaban J connectivity index is 1.53. The molecule has 1 aromatic carbocycles. The molecular weight excluding hydrogens is 353 g/mol. The summed E-state index contributed by atoms with van der Waals surface area (Å²) >= 11 is 1.33. The van der Waals surface area contributed by atoms with Gasteiger partial charge in [-0.2, -0.15) is 0 Å². The highest BCUT2D eigenvalue weighted by Gasteiger charge is 2.31. The molecule has 26 heavy (non-hydrogen) atoms. The zero-order valence-corrected chi connectivity index (χ0v) is 15.7. The van der Waals surface area contributed by atoms with Gasteiger partial charge in [-0.15, -0.1) is 0 Å². The molecular formula is C19H24FN3O2S. The first-order chi connectivity index (χ1) is 12.5. The summed E-state index contributed by atoms with van der Waals surface area (Å²) in [7, 11) is 0. The first-order valence-electron chi connectivity index (χ1n) is 9.12. The topological polar surface area (TPSA) is 70.6 Å². The highest BCUT2D eigenvalue weighted by atomic mass is 32.2. The zero-order chi connectivity index (χ0) is 18.5. The third-order valence-electron chi connectivity index (χ3n) is 5.00. The molecule has 2 atom stereocenters. The molecule has 0 aromatic heterocycles. The number of carbonyl (C=O) groups is 2. The van der Waals surface area contributed by atoms with Gasteiger partial charge in [0.2, 0.25) is 5.91 Å². The molecule has 2 amide bonds. The van der Waals surface area contributed by atoms with Crippen molar-refractivity contribution in [1.82, 2.24) is 10.6 Å². The van der Waals surface area contributed by atoms with E-state index in [1.165, 1.54) is 62.1 Å². The maximum absolute atomic E-state index is 13.6. The van der Waals surface area contributed by atoms with E-state index >= 15 is 0 Å². The van der Waals surface area contributed by atoms with Crippen molar-refractivity contribution >= 4 is 28.7 Å². The second kappa shape index (κ2) is 8.66. The molecule has 140 valence electrons. The van der Waals surface area contributed by atoms with Gasteiger partial charge in [-0.1, -0.05) is 43.2 Å². The van der Waals surface area contributed by atoms with Crippen molar-refractivity contribution in [2.75, 3.05) is 6.54 Å². The Morgan fingerprint density at radius 3 is 2.81 bits per heavy atom. The van der Waals surface area contributed by atoms with E-state index in [0.717, 1.165) is 0 Å². The Hall–Kier alpha value is -1.89. The van der Waals surface area contributed by atoms with Crippen molar-refractivity contribution in [2.45, 2.75) is 50.3 Å². The van der Waals surface area contributed by atoms with Crippen LogP contribution >= 0.6 is 11.8 Å². The fraction of sp³-hybridized carbons (Fsp3) is 0.526. The minimum absolute atomic E-state index is 0.0179. The number of rotatable bonds is 5. The number of carbonyl (C=O) groups excluding carboxylic acids is 2. The smallest absolute Gasteiger partial charge is 0.254 e. The number of hydrogen-bond donors (Lipinski definition) is 2. The third-order valence-corrected chi connectivity index (χ3v) is 6.09. The van der Waals surface area contributed by atoms with E-state index in [-0.39, 0.29) is 24.1 Å². The lowest BCUT2D eigenvalue weighted by Crippen LogP contribution is -2.36. The summed E-state index contributed by atoms with van der Waals surface area (Å²) in [5.41, 5.74) is -0.0179. The SMILES string of the molecule is C[C@H](N=C1NC(=O)C(CNC(=O)c2ccccc2F)S1)C1CCCCC1. The summed E-state index contributed by atoms with van der Waals surface area (Å²) in [5, 5.41) is 5.61. The molecule has 1 aliphatic heterocycles. The minimum atomic E-state index is -0.572. The predicted molar refractivity (Wildman–Crippen MR) is 102 cm³/mol. The highest BCUT2D eigenvalue weighted by Crippen LogP contribution is 2.29. The van der Waals surface area contributed by atoms with Gasteiger partial charge in [0.05, 0.1) is 11.6 Å². The van der Waals surface area contributed by atoms with Crippen LogP contribution in [0.1, 0.15) is 49.4 Å². The summed E-state index contributed by atoms with van der Waals surface area (Å²) < 4.78 is 13.6. The maximum atomic E-state index is 13.6. The van der Waals surface area contributed by atoms with Gasteiger partial charge in [0.15, 0.2) is 5.17 Å². The Morgan fingerprint density at radius 2 is 2.08 bits per heavy atom. The fourth-order valence-electron chi connectivity index (χ4n) is 3.43. The van der Waals surface area contributed by atoms with Gasteiger partial charge in [-0.05, 0) is 37.8 Å². The van der Waals surface area contributed by atoms with E-state index in [2.05, 4.69) is 22.5 Å². The van der Waals surface area contributed by atoms with Crippen molar-refractivity contribution in [3.8, 4) is 0 Å². The van der Waals surface area contributed by atoms with Gasteiger partial charge in [0.1, 0.15) is 11.1 Å². The second-order valence-electron chi connectivity index (χ2n) is 6.86. The monoisotopic (exact) mass is 377 g/mol. The second-order valence-corrected chi connectivity index (χ2v) is 8.05. The highest BCUT2D eigenvalue weighted by molar-refractivity contribution is 8.15. The van der Waals surface area contributed by atoms with Crippen LogP contribution in [0.25, 0.3) is 0 Å². The number of thioether (sulfide) groups is 1. The van der Waals surface area contributed by atoms with Crippen LogP contribution in [-0.2, 0) is 4.79 Å². The van der Waals surface area contributed by atoms with Crippen LogP contribution < -0.4 is 10.6 Å². The number of nitrogens with zero attached hydrogens (tertiary/aromatic N) is 1. The Morgan fingerprint density at radius 1 is 1.35 bits per heavy atom. The van der Waals surface area contributed by atoms with Crippen LogP contribution in [0.15, 0.2) is 29.3 Å². The molecule has 2 N–H and O–H groups in total. The molecule has 7 heteroatoms. The average molecular weight is 377 g/mol. The normalized spacial score (nSPS) is 23.7. The number of amidine groups is 1. The van der Waals surface area contributed by atoms with E-state index in [4.69, 9.17) is 0 Å². The van der Waals surface area contributed by atoms with E-state index in [1.807, 2.05) is 0 Å². The van der Waals surface area contributed by atoms with Crippen LogP contribution in [0.3, 0.4) is 0 Å². The number of amides is 2. The molecule has 3 rings (SSSR count). The molecule has 2 aliphatic rings. The molecule has 0 spiro atoms. The molecule has 1 unspecified atom stereocenters. The van der Waals surface area contributed by atoms with Crippen LogP contribution in [0.5, 0.6) is 0 Å². The molecule has 5 nitrogen and oxygen atoms in total. The molecule has 0 radical (unpaired) electrons. The van der Waals surface area contributed by atoms with E-state index in [9.17, 15) is 14.0 Å². The van der Waals surface area contributed by atoms with Crippen LogP contribution in [0.4, 0.5) is 4.39 Å². The first kappa shape index (κ1) is 18.9. The van der Waals surface area contributed by atoms with Gasteiger partial charge in [-0.3, -0.25) is 14.6 Å². The third kappa shape index (κ3) is 4.63. The van der Waals surface area contributed by atoms with Gasteiger partial charge in [-0.25, -0.2) is 4.39 Å². The van der Waals surface area contributed by atoms with Crippen LogP contribution in [0.2, 0.25) is 0 Å². The first-order valence-corrected chi connectivity index (χ1v) is 10.0. The van der Waals surface area contributed by atoms with E-state index < -0.39 is 17.0 Å². The number of aliphatic imine (C=N–C) groups is 1. The van der Waals surface area contributed by atoms with Crippen molar-refractivity contribution in [1.29, 1.82) is 0 Å². The largest absolute Gasteiger partial charge is 0.350 e. The van der Waals surface area contributed by atoms with Gasteiger partial charge >= 0.3 is 0 Å². The van der Waals surface area contributed by atoms with Crippen LogP contribution in [0, 0.1) is 11.7 Å². The van der Waals surface area contributed by atoms with Crippen molar-refractivity contribution in [2.24, 2.45) is 10.9 Å². The van der Waals surface area contributed by atoms with Gasteiger partial charge in [0, 0.05) is 6.54 Å². The summed E-state index contributed by atoms with van der Waals surface area (Å²) in [6.45, 7) is 2.24. The molecule has 1 saturated heterocycles. The quantitative estimate of drug-likeness (QED) is 0.828. The summed E-state index contributed by atoms with van der Waals surface area (Å²) in [4.78, 5) is 28.9. The lowest BCUT2D eigenvalue weighted by molar-refractivity contribution is -0.118. The molecule has 1 aliphatic carbocycles. The molecule has 0 bridgehead atoms. The maximum Gasteiger partial charge on any atom is 0.254 e. The zero-order valence-electron chi connectivity index (χ0n) is 14.8. The standard InChI is InChI=1S/C19H24FN3O2S/c1-12(13-7-3-2-4-8-13)22-19-23-18(25)16(26-19)11-21-17(24)14-9-5-6-10-15(14)20/h5-6,9-10,12-13,16H,2-4,7-8,11H2,1H3,(H,21,24)(H,22,23,25)/t12-,16?/m0/s1. The Labute approximate surface area is 157 Å². The van der Waals surface area contributed by atoms with Gasteiger partial charge in [0.25, 0.3) is 5.91 Å². The minimum Gasteiger partial charge on any atom is -0.350 e. The summed E-state index contributed by atoms with van der Waals surface area (Å²) in [5.74, 6) is -0.679. The lowest BCUT2D eigenvalue weighted by Gasteiger charge is -2.25. The number of nitrogens with one attached hydrogen (secondary N) is 2. The Kier molecular flexibility index (Phi) is 6.29. The van der Waals surface area contributed by atoms with Crippen molar-refractivity contribution in [3.63, 3.8) is 0 Å². The van der Waals surface area contributed by atoms with Gasteiger partial charge < -0.3 is 10.6 Å². The number of hydrogen-bond acceptors (Lipinski definition) is 4. The summed E-state index contributed by atoms with van der Waals surface area (Å²) in [6.07, 6.45) is 6.19.